The molecule has 0 spiro atoms. The van der Waals surface area contributed by atoms with E-state index in [1.54, 1.807) is 0 Å². The zero-order valence-electron chi connectivity index (χ0n) is 5.47. The zero-order valence-corrected chi connectivity index (χ0v) is 7.12. The number of hydrogen-bond donors (Lipinski definition) is 2. The van der Waals surface area contributed by atoms with Crippen molar-refractivity contribution in [1.29, 1.82) is 0 Å². The average molecular weight is 185 g/mol. The summed E-state index contributed by atoms with van der Waals surface area (Å²) in [5.74, 6) is 0.440. The van der Waals surface area contributed by atoms with Crippen LogP contribution in [-0.4, -0.2) is 25.6 Å². The molecule has 4 nitrogen and oxygen atoms in total. The highest BCUT2D eigenvalue weighted by molar-refractivity contribution is 7.54. The second kappa shape index (κ2) is 3.69. The predicted octanol–water partition coefficient (Wildman–Crippen LogP) is 0.543. The third kappa shape index (κ3) is 2.22. The van der Waals surface area contributed by atoms with E-state index in [0.717, 1.165) is 0 Å². The van der Waals surface area contributed by atoms with Crippen molar-refractivity contribution < 1.29 is 9.09 Å². The second-order valence-corrected chi connectivity index (χ2v) is 4.26. The van der Waals surface area contributed by atoms with Crippen molar-refractivity contribution in [3.63, 3.8) is 0 Å². The molecule has 1 aliphatic heterocycles. The lowest BCUT2D eigenvalue weighted by Gasteiger charge is -2.09. The molecule has 1 aliphatic rings. The van der Waals surface area contributed by atoms with Crippen LogP contribution in [0.3, 0.4) is 0 Å². The molecule has 1 atom stereocenters. The van der Waals surface area contributed by atoms with Crippen molar-refractivity contribution >= 4 is 19.3 Å². The Labute approximate surface area is 64.8 Å². The van der Waals surface area contributed by atoms with Crippen molar-refractivity contribution in [3.05, 3.63) is 0 Å². The van der Waals surface area contributed by atoms with Gasteiger partial charge in [-0.05, 0) is 0 Å². The van der Waals surface area contributed by atoms with E-state index in [-0.39, 0.29) is 0 Å². The Balaban J connectivity index is 2.29. The van der Waals surface area contributed by atoms with E-state index >= 15 is 0 Å². The van der Waals surface area contributed by atoms with Crippen molar-refractivity contribution in [2.75, 3.05) is 25.6 Å². The van der Waals surface area contributed by atoms with E-state index in [2.05, 4.69) is 10.2 Å². The van der Waals surface area contributed by atoms with Crippen molar-refractivity contribution in [2.24, 2.45) is 0 Å². The van der Waals surface area contributed by atoms with E-state index < -0.39 is 7.67 Å². The first-order valence-electron chi connectivity index (χ1n) is 3.08. The van der Waals surface area contributed by atoms with Crippen LogP contribution in [0.2, 0.25) is 0 Å². The molecule has 2 N–H and O–H groups in total. The topological polar surface area (TPSA) is 50.4 Å². The summed E-state index contributed by atoms with van der Waals surface area (Å²) in [5.41, 5.74) is 0. The summed E-state index contributed by atoms with van der Waals surface area (Å²) in [4.78, 5) is 0. The summed E-state index contributed by atoms with van der Waals surface area (Å²) in [6, 6.07) is 0. The first-order chi connectivity index (χ1) is 4.77. The Morgan fingerprint density at radius 3 is 3.10 bits per heavy atom. The van der Waals surface area contributed by atoms with Crippen LogP contribution >= 0.6 is 19.3 Å². The minimum absolute atomic E-state index is 0.440. The smallest absolute Gasteiger partial charge is 0.305 e. The molecule has 0 bridgehead atoms. The Kier molecular flexibility index (Phi) is 3.14. The maximum absolute atomic E-state index is 11.3. The molecule has 6 heteroatoms. The SMILES string of the molecule is O=P1(NCCCl)NCCO1. The fourth-order valence-corrected chi connectivity index (χ4v) is 2.36. The summed E-state index contributed by atoms with van der Waals surface area (Å²) in [7, 11) is -2.67. The highest BCUT2D eigenvalue weighted by Crippen LogP contribution is 2.39. The van der Waals surface area contributed by atoms with E-state index in [9.17, 15) is 4.57 Å². The van der Waals surface area contributed by atoms with E-state index in [0.29, 0.717) is 25.6 Å². The molecule has 1 heterocycles. The molecule has 0 aromatic heterocycles. The monoisotopic (exact) mass is 184 g/mol. The van der Waals surface area contributed by atoms with Gasteiger partial charge in [0.25, 0.3) is 0 Å². The third-order valence-electron chi connectivity index (χ3n) is 1.11. The van der Waals surface area contributed by atoms with Crippen LogP contribution in [0.1, 0.15) is 0 Å². The Hall–Kier alpha value is 0.400. The van der Waals surface area contributed by atoms with Gasteiger partial charge in [-0.2, -0.15) is 0 Å². The van der Waals surface area contributed by atoms with Gasteiger partial charge in [0.2, 0.25) is 0 Å². The summed E-state index contributed by atoms with van der Waals surface area (Å²) in [6.07, 6.45) is 0. The normalized spacial score (nSPS) is 32.9. The van der Waals surface area contributed by atoms with Gasteiger partial charge >= 0.3 is 7.67 Å². The predicted molar refractivity (Wildman–Crippen MR) is 40.3 cm³/mol. The van der Waals surface area contributed by atoms with Crippen LogP contribution in [0.15, 0.2) is 0 Å². The molecule has 0 amide bonds. The van der Waals surface area contributed by atoms with Gasteiger partial charge in [-0.3, -0.25) is 4.57 Å². The Bertz CT molecular complexity index is 144. The van der Waals surface area contributed by atoms with Crippen molar-refractivity contribution in [3.8, 4) is 0 Å². The van der Waals surface area contributed by atoms with Gasteiger partial charge < -0.3 is 4.52 Å². The van der Waals surface area contributed by atoms with Gasteiger partial charge in [0.15, 0.2) is 0 Å². The molecule has 0 aliphatic carbocycles. The maximum Gasteiger partial charge on any atom is 0.340 e. The van der Waals surface area contributed by atoms with E-state index in [1.165, 1.54) is 0 Å². The van der Waals surface area contributed by atoms with E-state index in [4.69, 9.17) is 16.1 Å². The number of alkyl halides is 1. The van der Waals surface area contributed by atoms with Gasteiger partial charge in [0.05, 0.1) is 6.61 Å². The van der Waals surface area contributed by atoms with Crippen LogP contribution < -0.4 is 10.2 Å². The molecule has 1 rings (SSSR count). The van der Waals surface area contributed by atoms with Crippen LogP contribution in [-0.2, 0) is 9.09 Å². The molecule has 1 saturated heterocycles. The quantitative estimate of drug-likeness (QED) is 0.497. The third-order valence-corrected chi connectivity index (χ3v) is 3.12. The molecule has 10 heavy (non-hydrogen) atoms. The molecular formula is C4H10ClN2O2P. The fraction of sp³-hybridized carbons (Fsp3) is 1.00. The maximum atomic E-state index is 11.3. The summed E-state index contributed by atoms with van der Waals surface area (Å²) >= 11 is 5.37. The Morgan fingerprint density at radius 1 is 1.80 bits per heavy atom. The van der Waals surface area contributed by atoms with Gasteiger partial charge in [-0.25, -0.2) is 10.2 Å². The largest absolute Gasteiger partial charge is 0.340 e. The van der Waals surface area contributed by atoms with Gasteiger partial charge in [-0.1, -0.05) is 0 Å². The number of rotatable bonds is 3. The molecule has 0 saturated carbocycles. The molecule has 60 valence electrons. The van der Waals surface area contributed by atoms with Crippen LogP contribution in [0.5, 0.6) is 0 Å². The number of nitrogens with one attached hydrogen (secondary N) is 2. The molecule has 1 unspecified atom stereocenters. The highest BCUT2D eigenvalue weighted by atomic mass is 35.5. The molecule has 0 aromatic rings. The minimum atomic E-state index is -2.67. The minimum Gasteiger partial charge on any atom is -0.305 e. The molecule has 1 fully saturated rings. The summed E-state index contributed by atoms with van der Waals surface area (Å²) in [5, 5.41) is 5.43. The van der Waals surface area contributed by atoms with Crippen molar-refractivity contribution in [2.45, 2.75) is 0 Å². The molecular weight excluding hydrogens is 174 g/mol. The molecule has 0 radical (unpaired) electrons. The van der Waals surface area contributed by atoms with Crippen LogP contribution in [0, 0.1) is 0 Å². The summed E-state index contributed by atoms with van der Waals surface area (Å²) < 4.78 is 16.2. The summed E-state index contributed by atoms with van der Waals surface area (Å²) in [6.45, 7) is 1.66. The lowest BCUT2D eigenvalue weighted by atomic mass is 10.8. The lowest BCUT2D eigenvalue weighted by Crippen LogP contribution is -2.19. The van der Waals surface area contributed by atoms with Gasteiger partial charge in [-0.15, -0.1) is 11.6 Å². The standard InChI is InChI=1S/C4H10ClN2O2P/c5-1-2-6-10(8)7-3-4-9-10/h1-4H2,(H2,6,7,8). The Morgan fingerprint density at radius 2 is 2.60 bits per heavy atom. The first kappa shape index (κ1) is 8.50. The highest BCUT2D eigenvalue weighted by Gasteiger charge is 2.26. The van der Waals surface area contributed by atoms with Crippen LogP contribution in [0.25, 0.3) is 0 Å². The van der Waals surface area contributed by atoms with Gasteiger partial charge in [0.1, 0.15) is 0 Å². The zero-order chi connectivity index (χ0) is 7.45. The number of hydrogen-bond acceptors (Lipinski definition) is 2. The molecule has 0 aromatic carbocycles. The van der Waals surface area contributed by atoms with E-state index in [1.807, 2.05) is 0 Å². The first-order valence-corrected chi connectivity index (χ1v) is 5.23. The number of halogens is 1. The second-order valence-electron chi connectivity index (χ2n) is 1.89. The average Bonchev–Trinajstić information content (AvgIpc) is 2.33. The lowest BCUT2D eigenvalue weighted by molar-refractivity contribution is 0.351. The fourth-order valence-electron chi connectivity index (χ4n) is 0.704. The van der Waals surface area contributed by atoms with Gasteiger partial charge in [0, 0.05) is 19.0 Å². The van der Waals surface area contributed by atoms with Crippen LogP contribution in [0.4, 0.5) is 0 Å². The van der Waals surface area contributed by atoms with Crippen molar-refractivity contribution in [1.82, 2.24) is 10.2 Å².